The Hall–Kier alpha value is -3.09. The lowest BCUT2D eigenvalue weighted by molar-refractivity contribution is -0.154. The van der Waals surface area contributed by atoms with Crippen LogP contribution < -0.4 is 9.47 Å². The molecular weight excluding hydrogens is 420 g/mol. The van der Waals surface area contributed by atoms with E-state index in [0.29, 0.717) is 11.5 Å². The normalized spacial score (nSPS) is 12.8. The van der Waals surface area contributed by atoms with E-state index in [-0.39, 0.29) is 17.8 Å². The molecule has 2 bridgehead atoms. The lowest BCUT2D eigenvalue weighted by Gasteiger charge is -2.34. The summed E-state index contributed by atoms with van der Waals surface area (Å²) in [7, 11) is -1.23. The Bertz CT molecular complexity index is 1120. The average molecular weight is 448 g/mol. The van der Waals surface area contributed by atoms with E-state index in [2.05, 4.69) is 32.9 Å². The molecule has 0 aromatic heterocycles. The summed E-state index contributed by atoms with van der Waals surface area (Å²) in [5.74, 6) is 0.342. The van der Waals surface area contributed by atoms with Crippen LogP contribution in [0.4, 0.5) is 0 Å². The molecule has 5 nitrogen and oxygen atoms in total. The Kier molecular flexibility index (Phi) is 6.08. The van der Waals surface area contributed by atoms with Crippen LogP contribution in [0.3, 0.4) is 0 Å². The molecule has 0 fully saturated rings. The second-order valence-electron chi connectivity index (χ2n) is 8.91. The van der Waals surface area contributed by atoms with Crippen molar-refractivity contribution in [1.82, 2.24) is 0 Å². The van der Waals surface area contributed by atoms with Crippen LogP contribution in [0.25, 0.3) is 22.3 Å². The third-order valence-corrected chi connectivity index (χ3v) is 5.59. The molecule has 0 saturated heterocycles. The molecule has 3 aromatic carbocycles. The van der Waals surface area contributed by atoms with E-state index in [0.717, 1.165) is 27.8 Å². The van der Waals surface area contributed by atoms with Crippen molar-refractivity contribution in [3.63, 3.8) is 0 Å². The molecular formula is C26H27O5Si. The third-order valence-electron chi connectivity index (χ3n) is 5.18. The maximum Gasteiger partial charge on any atom is 0.379 e. The van der Waals surface area contributed by atoms with Gasteiger partial charge in [-0.25, -0.2) is 9.37 Å². The van der Waals surface area contributed by atoms with E-state index < -0.39 is 15.0 Å². The van der Waals surface area contributed by atoms with Crippen LogP contribution in [-0.4, -0.2) is 21.8 Å². The molecule has 3 aromatic rings. The monoisotopic (exact) mass is 447 g/mol. The Balaban J connectivity index is 2.11. The van der Waals surface area contributed by atoms with Crippen molar-refractivity contribution in [3.05, 3.63) is 71.8 Å². The number of hydrogen-bond acceptors (Lipinski definition) is 5. The maximum absolute atomic E-state index is 13.2. The summed E-state index contributed by atoms with van der Waals surface area (Å²) >= 11 is 0. The van der Waals surface area contributed by atoms with Crippen LogP contribution >= 0.6 is 0 Å². The molecule has 0 aliphatic carbocycles. The minimum Gasteiger partial charge on any atom is -0.456 e. The second kappa shape index (κ2) is 8.80. The predicted molar refractivity (Wildman–Crippen MR) is 126 cm³/mol. The minimum absolute atomic E-state index is 0.0247. The first kappa shape index (κ1) is 22.1. The molecule has 0 spiro atoms. The van der Waals surface area contributed by atoms with Gasteiger partial charge in [0.1, 0.15) is 11.3 Å². The molecule has 1 radical (unpaired) electrons. The fourth-order valence-electron chi connectivity index (χ4n) is 3.98. The van der Waals surface area contributed by atoms with Crippen LogP contribution in [-0.2, 0) is 14.9 Å². The van der Waals surface area contributed by atoms with Gasteiger partial charge in [0, 0.05) is 16.7 Å². The first-order valence-electron chi connectivity index (χ1n) is 10.6. The van der Waals surface area contributed by atoms with Crippen molar-refractivity contribution >= 4 is 15.0 Å². The van der Waals surface area contributed by atoms with Gasteiger partial charge in [-0.3, -0.25) is 0 Å². The number of ether oxygens (including phenoxy) is 2. The topological polar surface area (TPSA) is 54.0 Å². The molecule has 165 valence electrons. The molecule has 0 atom stereocenters. The average Bonchev–Trinajstić information content (AvgIpc) is 2.77. The zero-order valence-electron chi connectivity index (χ0n) is 19.0. The van der Waals surface area contributed by atoms with Crippen molar-refractivity contribution in [1.29, 1.82) is 0 Å². The number of hydrogen-bond donors (Lipinski definition) is 0. The summed E-state index contributed by atoms with van der Waals surface area (Å²) < 4.78 is 17.2. The summed E-state index contributed by atoms with van der Waals surface area (Å²) in [4.78, 5) is 18.4. The van der Waals surface area contributed by atoms with E-state index in [9.17, 15) is 4.79 Å². The van der Waals surface area contributed by atoms with Gasteiger partial charge in [0.15, 0.2) is 5.75 Å². The number of benzene rings is 3. The van der Waals surface area contributed by atoms with Gasteiger partial charge in [-0.1, -0.05) is 81.4 Å². The van der Waals surface area contributed by atoms with Gasteiger partial charge in [-0.15, -0.1) is 0 Å². The number of rotatable bonds is 5. The lowest BCUT2D eigenvalue weighted by Crippen LogP contribution is -2.26. The summed E-state index contributed by atoms with van der Waals surface area (Å²) in [6, 6.07) is 20.1. The van der Waals surface area contributed by atoms with Gasteiger partial charge in [-0.2, -0.15) is 0 Å². The van der Waals surface area contributed by atoms with Crippen molar-refractivity contribution in [3.8, 4) is 33.8 Å². The first-order chi connectivity index (χ1) is 15.3. The molecule has 0 N–H and O–H groups in total. The molecule has 4 rings (SSSR count). The fraction of sp³-hybridized carbons (Fsp3) is 0.269. The molecule has 0 amide bonds. The zero-order valence-corrected chi connectivity index (χ0v) is 20.0. The van der Waals surface area contributed by atoms with Gasteiger partial charge in [-0.05, 0) is 29.6 Å². The van der Waals surface area contributed by atoms with Crippen molar-refractivity contribution in [2.75, 3.05) is 6.79 Å². The highest BCUT2D eigenvalue weighted by Gasteiger charge is 2.38. The lowest BCUT2D eigenvalue weighted by atomic mass is 9.76. The molecule has 6 heteroatoms. The first-order valence-corrected chi connectivity index (χ1v) is 13.0. The molecule has 1 heterocycles. The second-order valence-corrected chi connectivity index (χ2v) is 10.9. The Labute approximate surface area is 190 Å². The van der Waals surface area contributed by atoms with E-state index >= 15 is 0 Å². The van der Waals surface area contributed by atoms with E-state index in [1.54, 1.807) is 0 Å². The molecule has 1 aliphatic heterocycles. The SMILES string of the molecule is C[Si](C)OOC(=O)c1c2c(-c3ccccc3)c(-c3ccccc3)c(C(C)(C)C)c1OCO2. The number of carbonyl (C=O) groups excluding carboxylic acids is 1. The fourth-order valence-corrected chi connectivity index (χ4v) is 4.22. The van der Waals surface area contributed by atoms with E-state index in [1.165, 1.54) is 0 Å². The van der Waals surface area contributed by atoms with Crippen LogP contribution in [0.1, 0.15) is 36.7 Å². The molecule has 1 aliphatic rings. The van der Waals surface area contributed by atoms with Crippen molar-refractivity contribution in [2.45, 2.75) is 39.3 Å². The predicted octanol–water partition coefficient (Wildman–Crippen LogP) is 6.39. The number of fused-ring (bicyclic) bond motifs is 2. The zero-order chi connectivity index (χ0) is 22.9. The van der Waals surface area contributed by atoms with Crippen LogP contribution in [0.5, 0.6) is 11.5 Å². The molecule has 32 heavy (non-hydrogen) atoms. The quantitative estimate of drug-likeness (QED) is 0.258. The highest BCUT2D eigenvalue weighted by Crippen LogP contribution is 2.54. The summed E-state index contributed by atoms with van der Waals surface area (Å²) in [6.45, 7) is 10.2. The molecule has 0 unspecified atom stereocenters. The molecule has 0 saturated carbocycles. The summed E-state index contributed by atoms with van der Waals surface area (Å²) in [5, 5.41) is 0. The van der Waals surface area contributed by atoms with Crippen LogP contribution in [0.2, 0.25) is 13.1 Å². The van der Waals surface area contributed by atoms with Gasteiger partial charge in [0.2, 0.25) is 6.79 Å². The Morgan fingerprint density at radius 3 is 1.91 bits per heavy atom. The third kappa shape index (κ3) is 4.16. The van der Waals surface area contributed by atoms with Gasteiger partial charge in [0.25, 0.3) is 9.04 Å². The van der Waals surface area contributed by atoms with Gasteiger partial charge in [0.05, 0.1) is 0 Å². The van der Waals surface area contributed by atoms with Crippen LogP contribution in [0, 0.1) is 0 Å². The Morgan fingerprint density at radius 1 is 0.844 bits per heavy atom. The van der Waals surface area contributed by atoms with Crippen molar-refractivity contribution < 1.29 is 23.7 Å². The highest BCUT2D eigenvalue weighted by atomic mass is 28.3. The standard InChI is InChI=1S/C26H27O5Si/c1-26(2,3)22-19(17-12-8-6-9-13-17)20(18-14-10-7-11-15-18)23-21(24(22)29-16-28-23)25(27)30-31-32(4)5/h6-15H,16H2,1-5H3. The number of carbonyl (C=O) groups is 1. The van der Waals surface area contributed by atoms with Crippen LogP contribution in [0.15, 0.2) is 60.7 Å². The Morgan fingerprint density at radius 2 is 1.38 bits per heavy atom. The van der Waals surface area contributed by atoms with Gasteiger partial charge < -0.3 is 14.4 Å². The smallest absolute Gasteiger partial charge is 0.379 e. The summed E-state index contributed by atoms with van der Waals surface area (Å²) in [6.07, 6.45) is 0. The maximum atomic E-state index is 13.2. The minimum atomic E-state index is -1.23. The largest absolute Gasteiger partial charge is 0.456 e. The van der Waals surface area contributed by atoms with Crippen molar-refractivity contribution in [2.24, 2.45) is 0 Å². The van der Waals surface area contributed by atoms with E-state index in [1.807, 2.05) is 61.6 Å². The van der Waals surface area contributed by atoms with Gasteiger partial charge >= 0.3 is 5.97 Å². The summed E-state index contributed by atoms with van der Waals surface area (Å²) in [5.41, 5.74) is 4.67. The highest BCUT2D eigenvalue weighted by molar-refractivity contribution is 6.48. The van der Waals surface area contributed by atoms with E-state index in [4.69, 9.17) is 18.9 Å².